The van der Waals surface area contributed by atoms with Gasteiger partial charge in [-0.2, -0.15) is 13.2 Å². The summed E-state index contributed by atoms with van der Waals surface area (Å²) in [5.41, 5.74) is -0.723. The maximum absolute atomic E-state index is 12.7. The van der Waals surface area contributed by atoms with Gasteiger partial charge in [-0.25, -0.2) is 4.79 Å². The number of carboxylic acids is 1. The molecule has 20 heavy (non-hydrogen) atoms. The van der Waals surface area contributed by atoms with Gasteiger partial charge in [0.1, 0.15) is 11.4 Å². The van der Waals surface area contributed by atoms with Crippen LogP contribution in [0.3, 0.4) is 0 Å². The first-order valence-corrected chi connectivity index (χ1v) is 5.93. The molecule has 2 rings (SSSR count). The Kier molecular flexibility index (Phi) is 3.28. The molecule has 6 heteroatoms. The lowest BCUT2D eigenvalue weighted by Gasteiger charge is -2.34. The van der Waals surface area contributed by atoms with Crippen molar-refractivity contribution in [2.75, 3.05) is 0 Å². The monoisotopic (exact) mass is 286 g/mol. The van der Waals surface area contributed by atoms with Crippen molar-refractivity contribution in [2.45, 2.75) is 32.0 Å². The number of ether oxygens (including phenoxy) is 1. The van der Waals surface area contributed by atoms with Crippen LogP contribution in [0.5, 0.6) is 5.75 Å². The maximum Gasteiger partial charge on any atom is 0.416 e. The number of hydrogen-bond donors (Lipinski definition) is 1. The highest BCUT2D eigenvalue weighted by atomic mass is 19.4. The summed E-state index contributed by atoms with van der Waals surface area (Å²) >= 11 is 0. The van der Waals surface area contributed by atoms with Gasteiger partial charge >= 0.3 is 12.1 Å². The smallest absolute Gasteiger partial charge is 0.416 e. The van der Waals surface area contributed by atoms with Gasteiger partial charge in [-0.05, 0) is 31.6 Å². The lowest BCUT2D eigenvalue weighted by Crippen LogP contribution is -2.32. The average molecular weight is 286 g/mol. The van der Waals surface area contributed by atoms with E-state index in [0.717, 1.165) is 18.2 Å². The van der Waals surface area contributed by atoms with Gasteiger partial charge in [0.05, 0.1) is 5.56 Å². The number of aliphatic carboxylic acids is 1. The normalized spacial score (nSPS) is 19.4. The number of carboxylic acid groups (broad SMARTS) is 1. The SMILES string of the molecule is CC1(C)C/C(=C\C(=O)O)c2ccc(C(F)(F)F)cc2O1. The second kappa shape index (κ2) is 4.54. The molecule has 1 aliphatic heterocycles. The van der Waals surface area contributed by atoms with E-state index in [-0.39, 0.29) is 5.75 Å². The molecule has 0 atom stereocenters. The lowest BCUT2D eigenvalue weighted by molar-refractivity contribution is -0.138. The third kappa shape index (κ3) is 2.95. The first-order valence-electron chi connectivity index (χ1n) is 5.93. The Morgan fingerprint density at radius 2 is 2.05 bits per heavy atom. The zero-order chi connectivity index (χ0) is 15.1. The molecule has 0 amide bonds. The molecule has 1 aliphatic rings. The van der Waals surface area contributed by atoms with Crippen molar-refractivity contribution in [2.24, 2.45) is 0 Å². The molecule has 1 aromatic rings. The average Bonchev–Trinajstić information content (AvgIpc) is 2.24. The van der Waals surface area contributed by atoms with E-state index in [2.05, 4.69) is 0 Å². The first kappa shape index (κ1) is 14.4. The van der Waals surface area contributed by atoms with Crippen LogP contribution in [-0.2, 0) is 11.0 Å². The molecule has 0 aromatic heterocycles. The van der Waals surface area contributed by atoms with Crippen LogP contribution >= 0.6 is 0 Å². The maximum atomic E-state index is 12.7. The Hall–Kier alpha value is -1.98. The van der Waals surface area contributed by atoms with Gasteiger partial charge in [-0.3, -0.25) is 0 Å². The van der Waals surface area contributed by atoms with Crippen LogP contribution in [0.2, 0.25) is 0 Å². The molecular formula is C14H13F3O3. The van der Waals surface area contributed by atoms with Gasteiger partial charge in [-0.15, -0.1) is 0 Å². The van der Waals surface area contributed by atoms with Crippen molar-refractivity contribution in [3.63, 3.8) is 0 Å². The highest BCUT2D eigenvalue weighted by Gasteiger charge is 2.35. The molecule has 0 saturated carbocycles. The van der Waals surface area contributed by atoms with Crippen molar-refractivity contribution in [1.82, 2.24) is 0 Å². The molecule has 0 aliphatic carbocycles. The van der Waals surface area contributed by atoms with Crippen molar-refractivity contribution in [1.29, 1.82) is 0 Å². The molecular weight excluding hydrogens is 273 g/mol. The highest BCUT2D eigenvalue weighted by molar-refractivity contribution is 5.91. The van der Waals surface area contributed by atoms with E-state index in [4.69, 9.17) is 9.84 Å². The molecule has 1 N–H and O–H groups in total. The molecule has 0 radical (unpaired) electrons. The van der Waals surface area contributed by atoms with Crippen LogP contribution in [0.15, 0.2) is 24.3 Å². The minimum absolute atomic E-state index is 0.0589. The predicted octanol–water partition coefficient (Wildman–Crippen LogP) is 3.73. The summed E-state index contributed by atoms with van der Waals surface area (Å²) < 4.78 is 43.6. The number of hydrogen-bond acceptors (Lipinski definition) is 2. The van der Waals surface area contributed by atoms with Crippen LogP contribution in [0, 0.1) is 0 Å². The van der Waals surface area contributed by atoms with Crippen molar-refractivity contribution >= 4 is 11.5 Å². The topological polar surface area (TPSA) is 46.5 Å². The molecule has 0 saturated heterocycles. The fourth-order valence-corrected chi connectivity index (χ4v) is 2.21. The second-order valence-electron chi connectivity index (χ2n) is 5.26. The van der Waals surface area contributed by atoms with E-state index in [1.54, 1.807) is 13.8 Å². The summed E-state index contributed by atoms with van der Waals surface area (Å²) in [7, 11) is 0. The van der Waals surface area contributed by atoms with E-state index in [1.807, 2.05) is 0 Å². The fourth-order valence-electron chi connectivity index (χ4n) is 2.21. The number of fused-ring (bicyclic) bond motifs is 1. The third-order valence-corrected chi connectivity index (χ3v) is 2.96. The van der Waals surface area contributed by atoms with Crippen LogP contribution in [0.25, 0.3) is 5.57 Å². The molecule has 3 nitrogen and oxygen atoms in total. The van der Waals surface area contributed by atoms with Crippen molar-refractivity contribution < 1.29 is 27.8 Å². The quantitative estimate of drug-likeness (QED) is 0.800. The zero-order valence-corrected chi connectivity index (χ0v) is 10.9. The van der Waals surface area contributed by atoms with Gasteiger partial charge in [0.15, 0.2) is 0 Å². The van der Waals surface area contributed by atoms with E-state index >= 15 is 0 Å². The molecule has 1 aromatic carbocycles. The van der Waals surface area contributed by atoms with Crippen LogP contribution in [0.1, 0.15) is 31.4 Å². The Balaban J connectivity index is 2.56. The predicted molar refractivity (Wildman–Crippen MR) is 66.4 cm³/mol. The van der Waals surface area contributed by atoms with Gasteiger partial charge < -0.3 is 9.84 Å². The van der Waals surface area contributed by atoms with E-state index < -0.39 is 23.3 Å². The number of benzene rings is 1. The second-order valence-corrected chi connectivity index (χ2v) is 5.26. The third-order valence-electron chi connectivity index (χ3n) is 2.96. The van der Waals surface area contributed by atoms with Gasteiger partial charge in [-0.1, -0.05) is 6.07 Å². The number of rotatable bonds is 1. The molecule has 1 heterocycles. The number of halogens is 3. The van der Waals surface area contributed by atoms with Gasteiger partial charge in [0.25, 0.3) is 0 Å². The van der Waals surface area contributed by atoms with Gasteiger partial charge in [0.2, 0.25) is 0 Å². The first-order chi connectivity index (χ1) is 9.08. The minimum atomic E-state index is -4.46. The Morgan fingerprint density at radius 1 is 1.40 bits per heavy atom. The van der Waals surface area contributed by atoms with E-state index in [1.165, 1.54) is 6.07 Å². The summed E-state index contributed by atoms with van der Waals surface area (Å²) in [5, 5.41) is 8.85. The summed E-state index contributed by atoms with van der Waals surface area (Å²) in [5.74, 6) is -1.08. The standard InChI is InChI=1S/C14H13F3O3/c1-13(2)7-8(5-12(18)19)10-4-3-9(14(15,16)17)6-11(10)20-13/h3-6H,7H2,1-2H3,(H,18,19)/b8-5+. The van der Waals surface area contributed by atoms with Gasteiger partial charge in [0, 0.05) is 18.1 Å². The number of alkyl halides is 3. The molecule has 0 unspecified atom stereocenters. The summed E-state index contributed by atoms with van der Waals surface area (Å²) in [6.07, 6.45) is -3.13. The van der Waals surface area contributed by atoms with Crippen molar-refractivity contribution in [3.8, 4) is 5.75 Å². The largest absolute Gasteiger partial charge is 0.487 e. The molecule has 0 fully saturated rings. The lowest BCUT2D eigenvalue weighted by atomic mass is 9.88. The Labute approximate surface area is 113 Å². The van der Waals surface area contributed by atoms with Crippen LogP contribution in [-0.4, -0.2) is 16.7 Å². The summed E-state index contributed by atoms with van der Waals surface area (Å²) in [6, 6.07) is 3.09. The Bertz CT molecular complexity index is 586. The summed E-state index contributed by atoms with van der Waals surface area (Å²) in [6.45, 7) is 3.40. The van der Waals surface area contributed by atoms with E-state index in [0.29, 0.717) is 17.6 Å². The van der Waals surface area contributed by atoms with Crippen LogP contribution < -0.4 is 4.74 Å². The molecule has 0 spiro atoms. The number of carbonyl (C=O) groups is 1. The zero-order valence-electron chi connectivity index (χ0n) is 10.9. The van der Waals surface area contributed by atoms with E-state index in [9.17, 15) is 18.0 Å². The minimum Gasteiger partial charge on any atom is -0.487 e. The Morgan fingerprint density at radius 3 is 2.60 bits per heavy atom. The fraction of sp³-hybridized carbons (Fsp3) is 0.357. The van der Waals surface area contributed by atoms with Crippen LogP contribution in [0.4, 0.5) is 13.2 Å². The highest BCUT2D eigenvalue weighted by Crippen LogP contribution is 2.42. The summed E-state index contributed by atoms with van der Waals surface area (Å²) in [4.78, 5) is 10.8. The molecule has 108 valence electrons. The van der Waals surface area contributed by atoms with Crippen molar-refractivity contribution in [3.05, 3.63) is 35.4 Å². The molecule has 0 bridgehead atoms.